The van der Waals surface area contributed by atoms with E-state index in [1.54, 1.807) is 13.8 Å². The lowest BCUT2D eigenvalue weighted by Crippen LogP contribution is -2.60. The van der Waals surface area contributed by atoms with Crippen LogP contribution in [-0.2, 0) is 38.4 Å². The largest absolute Gasteiger partial charge is 0.481 e. The van der Waals surface area contributed by atoms with E-state index < -0.39 is 116 Å². The monoisotopic (exact) mass is 747 g/mol. The van der Waals surface area contributed by atoms with E-state index in [0.29, 0.717) is 25.8 Å². The summed E-state index contributed by atoms with van der Waals surface area (Å²) in [5.41, 5.74) is 6.04. The molecule has 1 aliphatic heterocycles. The van der Waals surface area contributed by atoms with Gasteiger partial charge in [-0.05, 0) is 43.9 Å². The number of aliphatic hydroxyl groups is 2. The maximum atomic E-state index is 13.3. The minimum atomic E-state index is -1.73. The normalized spacial score (nSPS) is 17.8. The second kappa shape index (κ2) is 22.0. The highest BCUT2D eigenvalue weighted by molar-refractivity contribution is 7.80. The third kappa shape index (κ3) is 15.0. The molecule has 0 aromatic rings. The number of hydrogen-bond acceptors (Lipinski definition) is 12. The number of carbonyl (C=O) groups is 8. The first kappa shape index (κ1) is 45.0. The maximum Gasteiger partial charge on any atom is 0.328 e. The fourth-order valence-electron chi connectivity index (χ4n) is 5.30. The smallest absolute Gasteiger partial charge is 0.328 e. The van der Waals surface area contributed by atoms with Crippen molar-refractivity contribution in [3.05, 3.63) is 0 Å². The summed E-state index contributed by atoms with van der Waals surface area (Å²) in [5.74, 6) is -8.19. The molecule has 6 amide bonds. The molecule has 1 heterocycles. The molecule has 1 aliphatic rings. The zero-order valence-corrected chi connectivity index (χ0v) is 30.2. The molecule has 0 radical (unpaired) electrons. The minimum Gasteiger partial charge on any atom is -0.481 e. The van der Waals surface area contributed by atoms with Gasteiger partial charge in [-0.1, -0.05) is 27.7 Å². The van der Waals surface area contributed by atoms with Crippen molar-refractivity contribution in [1.29, 1.82) is 0 Å². The van der Waals surface area contributed by atoms with Crippen LogP contribution < -0.4 is 32.3 Å². The third-order valence-electron chi connectivity index (χ3n) is 7.93. The predicted molar refractivity (Wildman–Crippen MR) is 184 cm³/mol. The quantitative estimate of drug-likeness (QED) is 0.0484. The lowest BCUT2D eigenvalue weighted by Gasteiger charge is -2.29. The number of likely N-dealkylation sites (tertiary alicyclic amines) is 1. The molecule has 0 aliphatic carbocycles. The van der Waals surface area contributed by atoms with Crippen molar-refractivity contribution in [2.24, 2.45) is 17.6 Å². The molecule has 290 valence electrons. The van der Waals surface area contributed by atoms with E-state index in [1.165, 1.54) is 4.90 Å². The molecule has 51 heavy (non-hydrogen) atoms. The highest BCUT2D eigenvalue weighted by Gasteiger charge is 2.38. The Kier molecular flexibility index (Phi) is 19.5. The fourth-order valence-corrected chi connectivity index (χ4v) is 5.55. The third-order valence-corrected chi connectivity index (χ3v) is 8.29. The molecular weight excluding hydrogens is 694 g/mol. The molecule has 0 saturated carbocycles. The number of nitrogens with zero attached hydrogens (tertiary/aromatic N) is 1. The first-order chi connectivity index (χ1) is 23.9. The van der Waals surface area contributed by atoms with Gasteiger partial charge in [0.15, 0.2) is 0 Å². The number of thiol groups is 1. The Morgan fingerprint density at radius 3 is 1.73 bits per heavy atom. The molecule has 0 aromatic heterocycles. The van der Waals surface area contributed by atoms with Gasteiger partial charge in [-0.2, -0.15) is 12.6 Å². The average Bonchev–Trinajstić information content (AvgIpc) is 3.55. The average molecular weight is 748 g/mol. The molecule has 11 N–H and O–H groups in total. The first-order valence-electron chi connectivity index (χ1n) is 16.7. The number of carboxylic acids is 2. The van der Waals surface area contributed by atoms with Crippen molar-refractivity contribution in [1.82, 2.24) is 31.5 Å². The van der Waals surface area contributed by atoms with E-state index in [4.69, 9.17) is 15.9 Å². The van der Waals surface area contributed by atoms with E-state index in [2.05, 4.69) is 33.9 Å². The van der Waals surface area contributed by atoms with Gasteiger partial charge >= 0.3 is 11.9 Å². The van der Waals surface area contributed by atoms with Crippen LogP contribution in [0, 0.1) is 11.8 Å². The van der Waals surface area contributed by atoms with E-state index in [1.807, 2.05) is 19.2 Å². The Bertz CT molecular complexity index is 1250. The summed E-state index contributed by atoms with van der Waals surface area (Å²) < 4.78 is 0. The van der Waals surface area contributed by atoms with Crippen LogP contribution in [0.2, 0.25) is 0 Å². The van der Waals surface area contributed by atoms with Crippen LogP contribution in [-0.4, -0.2) is 141 Å². The number of hydrogen-bond donors (Lipinski definition) is 11. The van der Waals surface area contributed by atoms with Crippen LogP contribution in [0.1, 0.15) is 66.2 Å². The Morgan fingerprint density at radius 2 is 1.22 bits per heavy atom. The lowest BCUT2D eigenvalue weighted by atomic mass is 10.0. The minimum absolute atomic E-state index is 0.0131. The van der Waals surface area contributed by atoms with Gasteiger partial charge in [0, 0.05) is 18.7 Å². The summed E-state index contributed by atoms with van der Waals surface area (Å²) >= 11 is 4.12. The van der Waals surface area contributed by atoms with Crippen LogP contribution in [0.4, 0.5) is 0 Å². The number of aliphatic hydroxyl groups excluding tert-OH is 2. The van der Waals surface area contributed by atoms with Crippen molar-refractivity contribution in [3.63, 3.8) is 0 Å². The number of amides is 6. The van der Waals surface area contributed by atoms with Gasteiger partial charge in [0.25, 0.3) is 0 Å². The first-order valence-corrected chi connectivity index (χ1v) is 17.3. The molecule has 1 fully saturated rings. The van der Waals surface area contributed by atoms with Crippen molar-refractivity contribution >= 4 is 60.0 Å². The Balaban J connectivity index is 3.04. The highest BCUT2D eigenvalue weighted by atomic mass is 32.1. The van der Waals surface area contributed by atoms with Gasteiger partial charge in [-0.15, -0.1) is 0 Å². The second-order valence-corrected chi connectivity index (χ2v) is 13.5. The van der Waals surface area contributed by atoms with Crippen LogP contribution in [0.5, 0.6) is 0 Å². The number of carbonyl (C=O) groups excluding carboxylic acids is 6. The van der Waals surface area contributed by atoms with Crippen molar-refractivity contribution in [2.75, 3.05) is 25.5 Å². The summed E-state index contributed by atoms with van der Waals surface area (Å²) in [6, 6.07) is -9.25. The molecule has 1 rings (SSSR count). The van der Waals surface area contributed by atoms with Gasteiger partial charge in [-0.25, -0.2) is 4.79 Å². The predicted octanol–water partition coefficient (Wildman–Crippen LogP) is -3.32. The molecule has 19 nitrogen and oxygen atoms in total. The van der Waals surface area contributed by atoms with Crippen LogP contribution in [0.3, 0.4) is 0 Å². The van der Waals surface area contributed by atoms with Crippen molar-refractivity contribution in [2.45, 2.75) is 109 Å². The molecule has 0 bridgehead atoms. The van der Waals surface area contributed by atoms with E-state index >= 15 is 0 Å². The topological polar surface area (TPSA) is 307 Å². The molecular formula is C31H53N7O12S. The van der Waals surface area contributed by atoms with Gasteiger partial charge in [0.2, 0.25) is 35.4 Å². The van der Waals surface area contributed by atoms with E-state index in [0.717, 1.165) is 0 Å². The van der Waals surface area contributed by atoms with Crippen LogP contribution in [0.25, 0.3) is 0 Å². The molecule has 0 spiro atoms. The van der Waals surface area contributed by atoms with Gasteiger partial charge in [0.05, 0.1) is 19.3 Å². The number of nitrogens with two attached hydrogens (primary N) is 1. The number of carboxylic acid groups (broad SMARTS) is 2. The SMILES string of the molecule is CC(C)C[C@H](NC(=O)[C@H](CS)NC(=O)[C@H](CO)NC(=O)[C@@H]1CCCN1C(=O)[C@@H](N)CC(C)C)C(=O)N[C@@H](CCC(=O)O)C(=O)N[C@@H](CO)C(=O)O. The number of rotatable bonds is 22. The molecule has 1 saturated heterocycles. The van der Waals surface area contributed by atoms with Crippen molar-refractivity contribution in [3.8, 4) is 0 Å². The number of aliphatic carboxylic acids is 2. The number of nitrogens with one attached hydrogen (secondary N) is 5. The summed E-state index contributed by atoms with van der Waals surface area (Å²) in [6.07, 6.45) is 0.225. The molecule has 20 heteroatoms. The summed E-state index contributed by atoms with van der Waals surface area (Å²) in [5, 5.41) is 49.0. The van der Waals surface area contributed by atoms with E-state index in [9.17, 15) is 48.6 Å². The maximum absolute atomic E-state index is 13.3. The van der Waals surface area contributed by atoms with Crippen LogP contribution >= 0.6 is 12.6 Å². The van der Waals surface area contributed by atoms with Gasteiger partial charge in [0.1, 0.15) is 36.3 Å². The van der Waals surface area contributed by atoms with Gasteiger partial charge < -0.3 is 57.6 Å². The van der Waals surface area contributed by atoms with Crippen LogP contribution in [0.15, 0.2) is 0 Å². The molecule has 0 unspecified atom stereocenters. The Morgan fingerprint density at radius 1 is 0.725 bits per heavy atom. The zero-order valence-electron chi connectivity index (χ0n) is 29.3. The van der Waals surface area contributed by atoms with E-state index in [-0.39, 0.29) is 24.0 Å². The molecule has 7 atom stereocenters. The Hall–Kier alpha value is -4.01. The van der Waals surface area contributed by atoms with Gasteiger partial charge in [-0.3, -0.25) is 33.6 Å². The highest BCUT2D eigenvalue weighted by Crippen LogP contribution is 2.20. The summed E-state index contributed by atoms with van der Waals surface area (Å²) in [6.45, 7) is 5.73. The second-order valence-electron chi connectivity index (χ2n) is 13.2. The molecule has 0 aromatic carbocycles. The lowest BCUT2D eigenvalue weighted by molar-refractivity contribution is -0.144. The zero-order chi connectivity index (χ0) is 39.0. The Labute approximate surface area is 301 Å². The van der Waals surface area contributed by atoms with Crippen molar-refractivity contribution < 1.29 is 58.8 Å². The fraction of sp³-hybridized carbons (Fsp3) is 0.742. The summed E-state index contributed by atoms with van der Waals surface area (Å²) in [4.78, 5) is 102. The standard InChI is InChI=1S/C31H53N7O12S/c1-15(2)10-17(32)30(48)38-9-5-6-23(38)29(47)35-20(12-39)27(45)37-22(14-51)28(46)34-19(11-16(3)4)26(44)33-18(7-8-24(41)42)25(43)36-21(13-40)31(49)50/h15-23,39-40,51H,5-14,32H2,1-4H3,(H,33,44)(H,34,46)(H,35,47)(H,36,43)(H,37,45)(H,41,42)(H,49,50)/t17-,18-,19-,20-,21-,22-,23-/m0/s1. The summed E-state index contributed by atoms with van der Waals surface area (Å²) in [7, 11) is 0.